The molecule has 0 saturated carbocycles. The monoisotopic (exact) mass is 336 g/mol. The maximum Gasteiger partial charge on any atom is 0.417 e. The number of aryl methyl sites for hydroxylation is 1. The van der Waals surface area contributed by atoms with Crippen LogP contribution in [-0.2, 0) is 14.9 Å². The van der Waals surface area contributed by atoms with Crippen LogP contribution in [-0.4, -0.2) is 30.0 Å². The van der Waals surface area contributed by atoms with Crippen LogP contribution in [0.4, 0.5) is 17.6 Å². The summed E-state index contributed by atoms with van der Waals surface area (Å²) >= 11 is 0. The summed E-state index contributed by atoms with van der Waals surface area (Å²) in [5, 5.41) is 10.1. The molecule has 0 amide bonds. The van der Waals surface area contributed by atoms with Gasteiger partial charge < -0.3 is 9.84 Å². The lowest BCUT2D eigenvalue weighted by Crippen LogP contribution is -2.50. The van der Waals surface area contributed by atoms with Crippen molar-refractivity contribution in [2.24, 2.45) is 0 Å². The van der Waals surface area contributed by atoms with Crippen LogP contribution in [0.25, 0.3) is 0 Å². The standard InChI is InChI=1S/C16H20F4O3/c1-10-5-6-11(17)7-12(10)14(2,3)9-15(22,16(18,19)20)8-13(21)23-4/h5-7,22H,8-9H2,1-4H3/t15-/m0/s1. The number of alkyl halides is 3. The van der Waals surface area contributed by atoms with Crippen LogP contribution in [0, 0.1) is 12.7 Å². The Labute approximate surface area is 132 Å². The Kier molecular flexibility index (Phi) is 5.46. The van der Waals surface area contributed by atoms with Crippen LogP contribution in [0.15, 0.2) is 18.2 Å². The van der Waals surface area contributed by atoms with Crippen molar-refractivity contribution < 1.29 is 32.2 Å². The zero-order chi connectivity index (χ0) is 18.1. The number of carbonyl (C=O) groups excluding carboxylic acids is 1. The zero-order valence-corrected chi connectivity index (χ0v) is 13.4. The lowest BCUT2D eigenvalue weighted by atomic mass is 9.72. The van der Waals surface area contributed by atoms with E-state index in [1.807, 2.05) is 0 Å². The van der Waals surface area contributed by atoms with Crippen LogP contribution in [0.2, 0.25) is 0 Å². The first-order valence-corrected chi connectivity index (χ1v) is 6.95. The van der Waals surface area contributed by atoms with E-state index in [0.717, 1.165) is 13.2 Å². The van der Waals surface area contributed by atoms with E-state index in [0.29, 0.717) is 11.1 Å². The van der Waals surface area contributed by atoms with Crippen LogP contribution in [0.1, 0.15) is 37.8 Å². The van der Waals surface area contributed by atoms with Gasteiger partial charge in [0, 0.05) is 0 Å². The van der Waals surface area contributed by atoms with E-state index in [4.69, 9.17) is 0 Å². The molecule has 1 rings (SSSR count). The van der Waals surface area contributed by atoms with Gasteiger partial charge in [0.2, 0.25) is 0 Å². The second-order valence-electron chi connectivity index (χ2n) is 6.30. The van der Waals surface area contributed by atoms with Gasteiger partial charge in [-0.3, -0.25) is 4.79 Å². The molecule has 0 bridgehead atoms. The normalized spacial score (nSPS) is 15.2. The number of halogens is 4. The average molecular weight is 336 g/mol. The average Bonchev–Trinajstić information content (AvgIpc) is 2.39. The highest BCUT2D eigenvalue weighted by atomic mass is 19.4. The summed E-state index contributed by atoms with van der Waals surface area (Å²) in [6, 6.07) is 3.81. The Balaban J connectivity index is 3.25. The summed E-state index contributed by atoms with van der Waals surface area (Å²) in [5.74, 6) is -1.75. The minimum absolute atomic E-state index is 0.338. The van der Waals surface area contributed by atoms with Crippen LogP contribution in [0.3, 0.4) is 0 Å². The van der Waals surface area contributed by atoms with Crippen molar-refractivity contribution >= 4 is 5.97 Å². The molecule has 1 atom stereocenters. The maximum atomic E-state index is 13.5. The van der Waals surface area contributed by atoms with Crippen LogP contribution < -0.4 is 0 Å². The fourth-order valence-electron chi connectivity index (χ4n) is 2.72. The number of hydrogen-bond donors (Lipinski definition) is 1. The fourth-order valence-corrected chi connectivity index (χ4v) is 2.72. The molecule has 0 heterocycles. The molecule has 0 saturated heterocycles. The summed E-state index contributed by atoms with van der Waals surface area (Å²) in [4.78, 5) is 11.3. The van der Waals surface area contributed by atoms with Crippen molar-refractivity contribution in [2.45, 2.75) is 50.8 Å². The lowest BCUT2D eigenvalue weighted by Gasteiger charge is -2.38. The Bertz CT molecular complexity index is 581. The van der Waals surface area contributed by atoms with Crippen LogP contribution >= 0.6 is 0 Å². The van der Waals surface area contributed by atoms with Gasteiger partial charge in [0.1, 0.15) is 5.82 Å². The third-order valence-corrected chi connectivity index (χ3v) is 3.86. The number of benzene rings is 1. The molecule has 0 aliphatic heterocycles. The highest BCUT2D eigenvalue weighted by Gasteiger charge is 2.57. The van der Waals surface area contributed by atoms with Crippen molar-refractivity contribution in [3.63, 3.8) is 0 Å². The predicted octanol–water partition coefficient (Wildman–Crippen LogP) is 3.66. The van der Waals surface area contributed by atoms with Gasteiger partial charge in [-0.15, -0.1) is 0 Å². The summed E-state index contributed by atoms with van der Waals surface area (Å²) in [7, 11) is 0.945. The third kappa shape index (κ3) is 4.43. The van der Waals surface area contributed by atoms with Gasteiger partial charge in [-0.05, 0) is 42.0 Å². The van der Waals surface area contributed by atoms with Gasteiger partial charge in [0.25, 0.3) is 0 Å². The number of rotatable bonds is 5. The third-order valence-electron chi connectivity index (χ3n) is 3.86. The van der Waals surface area contributed by atoms with Crippen LogP contribution in [0.5, 0.6) is 0 Å². The first-order chi connectivity index (χ1) is 10.3. The molecular formula is C16H20F4O3. The van der Waals surface area contributed by atoms with E-state index >= 15 is 0 Å². The highest BCUT2D eigenvalue weighted by Crippen LogP contribution is 2.43. The minimum Gasteiger partial charge on any atom is -0.469 e. The maximum absolute atomic E-state index is 13.5. The molecule has 0 aliphatic carbocycles. The van der Waals surface area contributed by atoms with E-state index in [-0.39, 0.29) is 0 Å². The van der Waals surface area contributed by atoms with Crippen molar-refractivity contribution in [3.8, 4) is 0 Å². The Morgan fingerprint density at radius 3 is 2.30 bits per heavy atom. The second kappa shape index (κ2) is 6.47. The predicted molar refractivity (Wildman–Crippen MR) is 76.4 cm³/mol. The Hall–Kier alpha value is -1.63. The molecule has 3 nitrogen and oxygen atoms in total. The van der Waals surface area contributed by atoms with Gasteiger partial charge in [0.05, 0.1) is 13.5 Å². The molecule has 1 aromatic carbocycles. The topological polar surface area (TPSA) is 46.5 Å². The van der Waals surface area contributed by atoms with E-state index < -0.39 is 41.8 Å². The number of ether oxygens (including phenoxy) is 1. The smallest absolute Gasteiger partial charge is 0.417 e. The molecular weight excluding hydrogens is 316 g/mol. The van der Waals surface area contributed by atoms with E-state index in [1.165, 1.54) is 26.0 Å². The van der Waals surface area contributed by atoms with Gasteiger partial charge >= 0.3 is 12.1 Å². The van der Waals surface area contributed by atoms with E-state index in [9.17, 15) is 27.5 Å². The van der Waals surface area contributed by atoms with Crippen molar-refractivity contribution in [3.05, 3.63) is 35.1 Å². The van der Waals surface area contributed by atoms with Gasteiger partial charge in [0.15, 0.2) is 5.60 Å². The lowest BCUT2D eigenvalue weighted by molar-refractivity contribution is -0.269. The molecule has 0 aromatic heterocycles. The summed E-state index contributed by atoms with van der Waals surface area (Å²) in [5.41, 5.74) is -3.55. The minimum atomic E-state index is -5.03. The second-order valence-corrected chi connectivity index (χ2v) is 6.30. The van der Waals surface area contributed by atoms with Gasteiger partial charge in [-0.25, -0.2) is 4.39 Å². The quantitative estimate of drug-likeness (QED) is 0.659. The number of methoxy groups -OCH3 is 1. The van der Waals surface area contributed by atoms with Crippen molar-refractivity contribution in [1.82, 2.24) is 0 Å². The molecule has 1 N–H and O–H groups in total. The SMILES string of the molecule is COC(=O)C[C@](O)(CC(C)(C)c1cc(F)ccc1C)C(F)(F)F. The molecule has 7 heteroatoms. The number of carbonyl (C=O) groups is 1. The van der Waals surface area contributed by atoms with Gasteiger partial charge in [-0.2, -0.15) is 13.2 Å². The molecule has 130 valence electrons. The number of hydrogen-bond acceptors (Lipinski definition) is 3. The zero-order valence-electron chi connectivity index (χ0n) is 13.4. The highest BCUT2D eigenvalue weighted by molar-refractivity contribution is 5.70. The molecule has 1 aromatic rings. The van der Waals surface area contributed by atoms with Gasteiger partial charge in [-0.1, -0.05) is 19.9 Å². The molecule has 0 radical (unpaired) electrons. The first-order valence-electron chi connectivity index (χ1n) is 6.95. The van der Waals surface area contributed by atoms with Crippen molar-refractivity contribution in [2.75, 3.05) is 7.11 Å². The summed E-state index contributed by atoms with van der Waals surface area (Å²) in [6.07, 6.45) is -7.05. The summed E-state index contributed by atoms with van der Waals surface area (Å²) < 4.78 is 57.6. The molecule has 23 heavy (non-hydrogen) atoms. The fraction of sp³-hybridized carbons (Fsp3) is 0.562. The molecule has 0 aliphatic rings. The molecule has 0 fully saturated rings. The largest absolute Gasteiger partial charge is 0.469 e. The first kappa shape index (κ1) is 19.4. The van der Waals surface area contributed by atoms with Crippen molar-refractivity contribution in [1.29, 1.82) is 0 Å². The Morgan fingerprint density at radius 2 is 1.83 bits per heavy atom. The number of aliphatic hydroxyl groups is 1. The Morgan fingerprint density at radius 1 is 1.26 bits per heavy atom. The number of esters is 1. The van der Waals surface area contributed by atoms with E-state index in [1.54, 1.807) is 6.92 Å². The van der Waals surface area contributed by atoms with E-state index in [2.05, 4.69) is 4.74 Å². The molecule has 0 unspecified atom stereocenters. The molecule has 0 spiro atoms. The summed E-state index contributed by atoms with van der Waals surface area (Å²) in [6.45, 7) is 4.56.